The minimum Gasteiger partial charge on any atom is -0.367 e. The van der Waals surface area contributed by atoms with Gasteiger partial charge in [0.1, 0.15) is 11.6 Å². The zero-order valence-corrected chi connectivity index (χ0v) is 20.3. The van der Waals surface area contributed by atoms with Crippen LogP contribution in [0.5, 0.6) is 0 Å². The second-order valence-electron chi connectivity index (χ2n) is 8.21. The first-order chi connectivity index (χ1) is 15.1. The highest BCUT2D eigenvalue weighted by atomic mass is 32.2. The fourth-order valence-electron chi connectivity index (χ4n) is 3.36. The van der Waals surface area contributed by atoms with Crippen LogP contribution in [0.4, 0.5) is 11.6 Å². The molecule has 3 aromatic rings. The van der Waals surface area contributed by atoms with Crippen LogP contribution in [0.3, 0.4) is 0 Å². The number of pyridine rings is 2. The molecule has 0 unspecified atom stereocenters. The van der Waals surface area contributed by atoms with Gasteiger partial charge in [0, 0.05) is 37.1 Å². The third kappa shape index (κ3) is 5.53. The van der Waals surface area contributed by atoms with Gasteiger partial charge in [-0.2, -0.15) is 0 Å². The van der Waals surface area contributed by atoms with Crippen molar-refractivity contribution in [3.05, 3.63) is 71.6 Å². The number of sulfonamides is 1. The van der Waals surface area contributed by atoms with Crippen molar-refractivity contribution in [2.24, 2.45) is 0 Å². The van der Waals surface area contributed by atoms with E-state index in [0.29, 0.717) is 5.82 Å². The smallest absolute Gasteiger partial charge is 0.233 e. The van der Waals surface area contributed by atoms with Gasteiger partial charge in [-0.1, -0.05) is 23.8 Å². The molecule has 3 rings (SSSR count). The van der Waals surface area contributed by atoms with Crippen LogP contribution < -0.4 is 9.62 Å². The summed E-state index contributed by atoms with van der Waals surface area (Å²) in [5.41, 5.74) is 7.73. The molecule has 0 fully saturated rings. The Bertz CT molecular complexity index is 1230. The molecule has 2 heterocycles. The Labute approximate surface area is 191 Å². The minimum atomic E-state index is -3.34. The summed E-state index contributed by atoms with van der Waals surface area (Å²) in [6, 6.07) is 12.0. The lowest BCUT2D eigenvalue weighted by molar-refractivity contribution is 0.600. The van der Waals surface area contributed by atoms with Crippen molar-refractivity contribution in [2.45, 2.75) is 27.7 Å². The molecule has 1 N–H and O–H groups in total. The van der Waals surface area contributed by atoms with Gasteiger partial charge in [-0.15, -0.1) is 0 Å². The largest absolute Gasteiger partial charge is 0.367 e. The molecule has 0 aliphatic heterocycles. The molecule has 0 radical (unpaired) electrons. The number of nitrogens with one attached hydrogen (secondary N) is 1. The Morgan fingerprint density at radius 3 is 1.97 bits per heavy atom. The van der Waals surface area contributed by atoms with E-state index in [1.807, 2.05) is 18.3 Å². The number of hydrogen-bond acceptors (Lipinski definition) is 5. The van der Waals surface area contributed by atoms with E-state index >= 15 is 0 Å². The summed E-state index contributed by atoms with van der Waals surface area (Å²) in [5, 5.41) is 3.30. The molecule has 0 amide bonds. The second-order valence-corrected chi connectivity index (χ2v) is 10.2. The van der Waals surface area contributed by atoms with Gasteiger partial charge < -0.3 is 5.32 Å². The maximum absolute atomic E-state index is 11.7. The fourth-order valence-corrected chi connectivity index (χ4v) is 3.81. The van der Waals surface area contributed by atoms with Crippen LogP contribution in [0, 0.1) is 13.8 Å². The predicted octanol–water partition coefficient (Wildman–Crippen LogP) is 5.20. The van der Waals surface area contributed by atoms with Crippen LogP contribution >= 0.6 is 0 Å². The molecule has 6 nitrogen and oxygen atoms in total. The summed E-state index contributed by atoms with van der Waals surface area (Å²) in [7, 11) is -1.84. The lowest BCUT2D eigenvalue weighted by Gasteiger charge is -2.16. The van der Waals surface area contributed by atoms with Crippen molar-refractivity contribution in [3.63, 3.8) is 0 Å². The lowest BCUT2D eigenvalue weighted by Crippen LogP contribution is -2.25. The Balaban J connectivity index is 1.85. The minimum absolute atomic E-state index is 0.395. The molecule has 2 aromatic heterocycles. The molecule has 7 heteroatoms. The predicted molar refractivity (Wildman–Crippen MR) is 134 cm³/mol. The van der Waals surface area contributed by atoms with Crippen LogP contribution in [0.25, 0.3) is 22.3 Å². The van der Waals surface area contributed by atoms with Crippen molar-refractivity contribution < 1.29 is 8.42 Å². The Hall–Kier alpha value is -3.19. The van der Waals surface area contributed by atoms with Crippen LogP contribution in [0.2, 0.25) is 0 Å². The number of anilines is 2. The average Bonchev–Trinajstić information content (AvgIpc) is 2.74. The quantitative estimate of drug-likeness (QED) is 0.501. The molecule has 32 heavy (non-hydrogen) atoms. The lowest BCUT2D eigenvalue weighted by atomic mass is 9.93. The van der Waals surface area contributed by atoms with Crippen molar-refractivity contribution >= 4 is 21.7 Å². The van der Waals surface area contributed by atoms with E-state index in [4.69, 9.17) is 0 Å². The van der Waals surface area contributed by atoms with E-state index in [1.54, 1.807) is 12.3 Å². The van der Waals surface area contributed by atoms with E-state index in [1.165, 1.54) is 16.9 Å². The maximum atomic E-state index is 11.7. The summed E-state index contributed by atoms with van der Waals surface area (Å²) >= 11 is 0. The highest BCUT2D eigenvalue weighted by Gasteiger charge is 2.14. The van der Waals surface area contributed by atoms with Gasteiger partial charge in [0.15, 0.2) is 0 Å². The molecule has 1 aromatic carbocycles. The SMILES string of the molecule is CC(C)=CCNc1ccc(-c2cc(C)c(-c3ccc(N(C)S(C)(=O)=O)nc3)cc2C)cn1. The highest BCUT2D eigenvalue weighted by Crippen LogP contribution is 2.32. The van der Waals surface area contributed by atoms with Gasteiger partial charge in [-0.05, 0) is 74.2 Å². The third-order valence-corrected chi connectivity index (χ3v) is 6.50. The molecular weight excluding hydrogens is 420 g/mol. The van der Waals surface area contributed by atoms with E-state index in [9.17, 15) is 8.42 Å². The zero-order chi connectivity index (χ0) is 23.5. The molecular formula is C25H30N4O2S. The number of hydrogen-bond donors (Lipinski definition) is 1. The molecule has 0 saturated carbocycles. The first-order valence-electron chi connectivity index (χ1n) is 10.4. The van der Waals surface area contributed by atoms with Crippen molar-refractivity contribution in [1.82, 2.24) is 9.97 Å². The average molecular weight is 451 g/mol. The Morgan fingerprint density at radius 1 is 0.969 bits per heavy atom. The van der Waals surface area contributed by atoms with E-state index in [0.717, 1.165) is 52.0 Å². The molecule has 0 aliphatic carbocycles. The molecule has 0 saturated heterocycles. The van der Waals surface area contributed by atoms with Gasteiger partial charge in [-0.25, -0.2) is 18.4 Å². The van der Waals surface area contributed by atoms with Gasteiger partial charge in [-0.3, -0.25) is 4.31 Å². The number of aromatic nitrogens is 2. The third-order valence-electron chi connectivity index (χ3n) is 5.32. The Kier molecular flexibility index (Phi) is 6.99. The first kappa shape index (κ1) is 23.5. The Morgan fingerprint density at radius 2 is 1.53 bits per heavy atom. The van der Waals surface area contributed by atoms with Crippen LogP contribution in [-0.4, -0.2) is 38.2 Å². The topological polar surface area (TPSA) is 75.2 Å². The summed E-state index contributed by atoms with van der Waals surface area (Å²) in [6.45, 7) is 9.06. The van der Waals surface area contributed by atoms with Gasteiger partial charge in [0.2, 0.25) is 10.0 Å². The number of benzene rings is 1. The fraction of sp³-hybridized carbons (Fsp3) is 0.280. The van der Waals surface area contributed by atoms with Crippen molar-refractivity contribution in [2.75, 3.05) is 29.5 Å². The second kappa shape index (κ2) is 9.53. The number of rotatable bonds is 7. The van der Waals surface area contributed by atoms with Crippen LogP contribution in [0.15, 0.2) is 60.4 Å². The summed E-state index contributed by atoms with van der Waals surface area (Å²) in [4.78, 5) is 8.89. The molecule has 0 bridgehead atoms. The van der Waals surface area contributed by atoms with Crippen molar-refractivity contribution in [3.8, 4) is 22.3 Å². The zero-order valence-electron chi connectivity index (χ0n) is 19.5. The summed E-state index contributed by atoms with van der Waals surface area (Å²) in [5.74, 6) is 1.24. The van der Waals surface area contributed by atoms with Gasteiger partial charge in [0.25, 0.3) is 0 Å². The van der Waals surface area contributed by atoms with E-state index in [2.05, 4.69) is 67.3 Å². The monoisotopic (exact) mass is 450 g/mol. The maximum Gasteiger partial charge on any atom is 0.233 e. The molecule has 0 atom stereocenters. The highest BCUT2D eigenvalue weighted by molar-refractivity contribution is 7.92. The standard InChI is InChI=1S/C25H30N4O2S/c1-17(2)11-12-26-24-9-7-20(15-27-24)22-13-19(4)23(14-18(22)3)21-8-10-25(28-16-21)29(5)32(6,30)31/h7-11,13-16H,12H2,1-6H3,(H,26,27). The van der Waals surface area contributed by atoms with E-state index in [-0.39, 0.29) is 0 Å². The number of aryl methyl sites for hydroxylation is 2. The van der Waals surface area contributed by atoms with Gasteiger partial charge in [0.05, 0.1) is 6.26 Å². The van der Waals surface area contributed by atoms with E-state index < -0.39 is 10.0 Å². The molecule has 0 spiro atoms. The summed E-state index contributed by atoms with van der Waals surface area (Å²) < 4.78 is 24.6. The number of allylic oxidation sites excluding steroid dienone is 1. The first-order valence-corrected chi connectivity index (χ1v) is 12.3. The number of nitrogens with zero attached hydrogens (tertiary/aromatic N) is 3. The summed E-state index contributed by atoms with van der Waals surface area (Å²) in [6.07, 6.45) is 6.90. The molecule has 0 aliphatic rings. The van der Waals surface area contributed by atoms with Gasteiger partial charge >= 0.3 is 0 Å². The van der Waals surface area contributed by atoms with Crippen LogP contribution in [0.1, 0.15) is 25.0 Å². The van der Waals surface area contributed by atoms with Crippen molar-refractivity contribution in [1.29, 1.82) is 0 Å². The molecule has 168 valence electrons. The van der Waals surface area contributed by atoms with Crippen LogP contribution in [-0.2, 0) is 10.0 Å². The normalized spacial score (nSPS) is 11.2.